The first-order valence-corrected chi connectivity index (χ1v) is 4.50. The molecule has 0 amide bonds. The fourth-order valence-electron chi connectivity index (χ4n) is 0.934. The van der Waals surface area contributed by atoms with E-state index in [0.29, 0.717) is 16.8 Å². The van der Waals surface area contributed by atoms with Crippen LogP contribution in [0, 0.1) is 4.77 Å². The molecule has 1 atom stereocenters. The Morgan fingerprint density at radius 3 is 2.69 bits per heavy atom. The van der Waals surface area contributed by atoms with Gasteiger partial charge >= 0.3 is 0 Å². The molecule has 0 aromatic carbocycles. The molecule has 0 saturated heterocycles. The van der Waals surface area contributed by atoms with Crippen LogP contribution >= 0.6 is 12.2 Å². The Morgan fingerprint density at radius 1 is 1.69 bits per heavy atom. The maximum absolute atomic E-state index is 5.63. The van der Waals surface area contributed by atoms with E-state index in [9.17, 15) is 0 Å². The second-order valence-electron chi connectivity index (χ2n) is 3.31. The molecule has 3 N–H and O–H groups in total. The SMILES string of the molecule is CC(Cn1c(N)n[nH]c1=S)N(C)C. The third-order valence-electron chi connectivity index (χ3n) is 2.12. The van der Waals surface area contributed by atoms with E-state index in [1.54, 1.807) is 4.57 Å². The monoisotopic (exact) mass is 201 g/mol. The van der Waals surface area contributed by atoms with Crippen molar-refractivity contribution in [2.75, 3.05) is 19.8 Å². The van der Waals surface area contributed by atoms with Gasteiger partial charge in [0.15, 0.2) is 4.77 Å². The molecular weight excluding hydrogens is 186 g/mol. The fourth-order valence-corrected chi connectivity index (χ4v) is 1.15. The van der Waals surface area contributed by atoms with E-state index in [1.807, 2.05) is 14.1 Å². The zero-order chi connectivity index (χ0) is 10.0. The molecule has 6 heteroatoms. The number of anilines is 1. The maximum atomic E-state index is 5.63. The number of nitrogens with two attached hydrogens (primary N) is 1. The lowest BCUT2D eigenvalue weighted by Crippen LogP contribution is -2.29. The van der Waals surface area contributed by atoms with Crippen LogP contribution in [0.1, 0.15) is 6.92 Å². The van der Waals surface area contributed by atoms with Gasteiger partial charge in [-0.25, -0.2) is 5.10 Å². The summed E-state index contributed by atoms with van der Waals surface area (Å²) in [7, 11) is 4.04. The Morgan fingerprint density at radius 2 is 2.31 bits per heavy atom. The molecule has 5 nitrogen and oxygen atoms in total. The van der Waals surface area contributed by atoms with Crippen LogP contribution in [0.5, 0.6) is 0 Å². The molecule has 0 aliphatic rings. The Kier molecular flexibility index (Phi) is 3.05. The number of H-pyrrole nitrogens is 1. The van der Waals surface area contributed by atoms with Gasteiger partial charge in [0.1, 0.15) is 0 Å². The fraction of sp³-hybridized carbons (Fsp3) is 0.714. The maximum Gasteiger partial charge on any atom is 0.220 e. The van der Waals surface area contributed by atoms with Crippen LogP contribution in [-0.4, -0.2) is 39.8 Å². The van der Waals surface area contributed by atoms with Crippen molar-refractivity contribution in [1.82, 2.24) is 19.7 Å². The number of hydrogen-bond acceptors (Lipinski definition) is 4. The van der Waals surface area contributed by atoms with Gasteiger partial charge in [-0.05, 0) is 33.2 Å². The lowest BCUT2D eigenvalue weighted by Gasteiger charge is -2.19. The molecule has 13 heavy (non-hydrogen) atoms. The summed E-state index contributed by atoms with van der Waals surface area (Å²) in [6.07, 6.45) is 0. The van der Waals surface area contributed by atoms with Crippen molar-refractivity contribution in [1.29, 1.82) is 0 Å². The predicted octanol–water partition coefficient (Wildman–Crippen LogP) is 0.473. The molecule has 1 aromatic heterocycles. The van der Waals surface area contributed by atoms with Gasteiger partial charge in [0.05, 0.1) is 0 Å². The lowest BCUT2D eigenvalue weighted by atomic mass is 10.3. The topological polar surface area (TPSA) is 62.9 Å². The highest BCUT2D eigenvalue weighted by molar-refractivity contribution is 7.71. The lowest BCUT2D eigenvalue weighted by molar-refractivity contribution is 0.284. The summed E-state index contributed by atoms with van der Waals surface area (Å²) < 4.78 is 2.37. The largest absolute Gasteiger partial charge is 0.368 e. The number of aromatic nitrogens is 3. The van der Waals surface area contributed by atoms with E-state index in [-0.39, 0.29) is 0 Å². The zero-order valence-electron chi connectivity index (χ0n) is 8.11. The summed E-state index contributed by atoms with van der Waals surface area (Å²) in [6, 6.07) is 0.381. The third kappa shape index (κ3) is 2.28. The van der Waals surface area contributed by atoms with Gasteiger partial charge in [-0.15, -0.1) is 5.10 Å². The van der Waals surface area contributed by atoms with Crippen molar-refractivity contribution in [3.05, 3.63) is 4.77 Å². The van der Waals surface area contributed by atoms with Gasteiger partial charge in [-0.3, -0.25) is 4.57 Å². The van der Waals surface area contributed by atoms with E-state index in [0.717, 1.165) is 6.54 Å². The van der Waals surface area contributed by atoms with E-state index in [2.05, 4.69) is 22.0 Å². The highest BCUT2D eigenvalue weighted by Gasteiger charge is 2.08. The number of likely N-dealkylation sites (N-methyl/N-ethyl adjacent to an activating group) is 1. The standard InChI is InChI=1S/C7H15N5S/c1-5(11(2)3)4-12-6(8)9-10-7(12)13/h5H,4H2,1-3H3,(H2,8,9)(H,10,13). The first-order chi connectivity index (χ1) is 6.02. The van der Waals surface area contributed by atoms with Crippen LogP contribution in [0.15, 0.2) is 0 Å². The smallest absolute Gasteiger partial charge is 0.220 e. The number of hydrogen-bond donors (Lipinski definition) is 2. The number of rotatable bonds is 3. The molecule has 0 saturated carbocycles. The van der Waals surface area contributed by atoms with Gasteiger partial charge in [0.25, 0.3) is 0 Å². The number of nitrogens with zero attached hydrogens (tertiary/aromatic N) is 3. The van der Waals surface area contributed by atoms with Crippen molar-refractivity contribution in [2.45, 2.75) is 19.5 Å². The molecule has 74 valence electrons. The van der Waals surface area contributed by atoms with Crippen LogP contribution in [0.3, 0.4) is 0 Å². The molecule has 0 radical (unpaired) electrons. The van der Waals surface area contributed by atoms with Gasteiger partial charge < -0.3 is 10.6 Å². The summed E-state index contributed by atoms with van der Waals surface area (Å²) >= 11 is 5.02. The van der Waals surface area contributed by atoms with E-state index >= 15 is 0 Å². The van der Waals surface area contributed by atoms with Crippen molar-refractivity contribution >= 4 is 18.2 Å². The third-order valence-corrected chi connectivity index (χ3v) is 2.43. The minimum Gasteiger partial charge on any atom is -0.368 e. The highest BCUT2D eigenvalue weighted by atomic mass is 32.1. The summed E-state index contributed by atoms with van der Waals surface area (Å²) in [5.74, 6) is 0.443. The molecule has 1 aromatic rings. The number of nitrogens with one attached hydrogen (secondary N) is 1. The predicted molar refractivity (Wildman–Crippen MR) is 55.0 cm³/mol. The zero-order valence-corrected chi connectivity index (χ0v) is 8.93. The van der Waals surface area contributed by atoms with Crippen LogP contribution in [0.25, 0.3) is 0 Å². The van der Waals surface area contributed by atoms with Crippen LogP contribution in [0.2, 0.25) is 0 Å². The van der Waals surface area contributed by atoms with Crippen LogP contribution < -0.4 is 5.73 Å². The Bertz CT molecular complexity index is 326. The average Bonchev–Trinajstić information content (AvgIpc) is 2.35. The molecule has 0 fully saturated rings. The molecule has 1 rings (SSSR count). The van der Waals surface area contributed by atoms with E-state index < -0.39 is 0 Å². The van der Waals surface area contributed by atoms with Crippen LogP contribution in [-0.2, 0) is 6.54 Å². The molecule has 0 spiro atoms. The van der Waals surface area contributed by atoms with Crippen molar-refractivity contribution < 1.29 is 0 Å². The summed E-state index contributed by atoms with van der Waals surface area (Å²) in [5.41, 5.74) is 5.63. The summed E-state index contributed by atoms with van der Waals surface area (Å²) in [4.78, 5) is 2.11. The van der Waals surface area contributed by atoms with Gasteiger partial charge in [0, 0.05) is 12.6 Å². The molecule has 1 heterocycles. The van der Waals surface area contributed by atoms with E-state index in [1.165, 1.54) is 0 Å². The molecular formula is C7H15N5S. The molecule has 0 aliphatic carbocycles. The van der Waals surface area contributed by atoms with Crippen molar-refractivity contribution in [3.63, 3.8) is 0 Å². The normalized spacial score (nSPS) is 13.5. The van der Waals surface area contributed by atoms with Crippen molar-refractivity contribution in [3.8, 4) is 0 Å². The molecule has 1 unspecified atom stereocenters. The number of aromatic amines is 1. The summed E-state index contributed by atoms with van der Waals surface area (Å²) in [5, 5.41) is 6.49. The second-order valence-corrected chi connectivity index (χ2v) is 3.70. The van der Waals surface area contributed by atoms with Gasteiger partial charge in [-0.2, -0.15) is 0 Å². The van der Waals surface area contributed by atoms with Crippen molar-refractivity contribution in [2.24, 2.45) is 0 Å². The minimum atomic E-state index is 0.381. The summed E-state index contributed by atoms with van der Waals surface area (Å²) in [6.45, 7) is 2.86. The average molecular weight is 201 g/mol. The first-order valence-electron chi connectivity index (χ1n) is 4.09. The van der Waals surface area contributed by atoms with Crippen LogP contribution in [0.4, 0.5) is 5.95 Å². The van der Waals surface area contributed by atoms with Gasteiger partial charge in [0.2, 0.25) is 5.95 Å². The highest BCUT2D eigenvalue weighted by Crippen LogP contribution is 2.03. The Labute approximate surface area is 82.5 Å². The molecule has 0 bridgehead atoms. The number of nitrogen functional groups attached to an aromatic ring is 1. The van der Waals surface area contributed by atoms with Gasteiger partial charge in [-0.1, -0.05) is 0 Å². The Balaban J connectivity index is 2.79. The quantitative estimate of drug-likeness (QED) is 0.698. The molecule has 0 aliphatic heterocycles. The Hall–Kier alpha value is -0.880. The van der Waals surface area contributed by atoms with E-state index in [4.69, 9.17) is 18.0 Å². The minimum absolute atomic E-state index is 0.381. The second kappa shape index (κ2) is 3.89. The first kappa shape index (κ1) is 10.2.